The van der Waals surface area contributed by atoms with Crippen LogP contribution in [0.15, 0.2) is 60.7 Å². The Kier molecular flexibility index (Phi) is 6.60. The molecule has 0 heterocycles. The van der Waals surface area contributed by atoms with Crippen molar-refractivity contribution in [3.63, 3.8) is 0 Å². The molecular weight excluding hydrogens is 327 g/mol. The summed E-state index contributed by atoms with van der Waals surface area (Å²) in [6, 6.07) is 16.7. The van der Waals surface area contributed by atoms with Crippen LogP contribution in [0, 0.1) is 5.92 Å². The summed E-state index contributed by atoms with van der Waals surface area (Å²) < 4.78 is 0. The molecule has 0 saturated heterocycles. The van der Waals surface area contributed by atoms with Crippen molar-refractivity contribution in [1.29, 1.82) is 0 Å². The van der Waals surface area contributed by atoms with Crippen molar-refractivity contribution in [3.05, 3.63) is 83.3 Å². The summed E-state index contributed by atoms with van der Waals surface area (Å²) in [7, 11) is 0. The van der Waals surface area contributed by atoms with Crippen LogP contribution in [0.1, 0.15) is 28.4 Å². The zero-order valence-electron chi connectivity index (χ0n) is 11.2. The van der Waals surface area contributed by atoms with Gasteiger partial charge in [-0.15, -0.1) is 0 Å². The Morgan fingerprint density at radius 2 is 1.50 bits per heavy atom. The number of carboxylic acid groups (broad SMARTS) is 1. The molecule has 1 aliphatic rings. The molecule has 1 aliphatic carbocycles. The van der Waals surface area contributed by atoms with E-state index in [0.717, 1.165) is 0 Å². The maximum atomic E-state index is 10.2. The third-order valence-electron chi connectivity index (χ3n) is 2.92. The van der Waals surface area contributed by atoms with E-state index in [0.29, 0.717) is 5.56 Å². The Morgan fingerprint density at radius 3 is 2.05 bits per heavy atom. The predicted octanol–water partition coefficient (Wildman–Crippen LogP) is 4.04. The van der Waals surface area contributed by atoms with Crippen molar-refractivity contribution in [3.8, 4) is 0 Å². The summed E-state index contributed by atoms with van der Waals surface area (Å²) in [5.74, 6) is 0.492. The third kappa shape index (κ3) is 4.28. The molecule has 0 amide bonds. The summed E-state index contributed by atoms with van der Waals surface area (Å²) >= 11 is 0. The fraction of sp³-hybridized carbons (Fsp3) is 0.0588. The van der Waals surface area contributed by atoms with Crippen molar-refractivity contribution < 1.29 is 36.1 Å². The molecule has 0 atom stereocenters. The predicted molar refractivity (Wildman–Crippen MR) is 76.9 cm³/mol. The first-order chi connectivity index (χ1) is 9.18. The number of allylic oxidation sites excluding steroid dienone is 1. The number of aromatic carboxylic acids is 1. The number of rotatable bonds is 1. The van der Waals surface area contributed by atoms with Crippen LogP contribution in [0.5, 0.6) is 0 Å². The van der Waals surface area contributed by atoms with Crippen molar-refractivity contribution in [2.24, 2.45) is 0 Å². The largest absolute Gasteiger partial charge is 0.478 e. The van der Waals surface area contributed by atoms with Crippen LogP contribution in [-0.4, -0.2) is 11.1 Å². The molecular formula is C17H15O2Zr. The van der Waals surface area contributed by atoms with Gasteiger partial charge in [0.15, 0.2) is 0 Å². The fourth-order valence-corrected chi connectivity index (χ4v) is 1.89. The first-order valence-electron chi connectivity index (χ1n) is 6.08. The van der Waals surface area contributed by atoms with Crippen molar-refractivity contribution >= 4 is 12.0 Å². The van der Waals surface area contributed by atoms with Crippen molar-refractivity contribution in [2.75, 3.05) is 0 Å². The second-order valence-electron chi connectivity index (χ2n) is 4.27. The average molecular weight is 343 g/mol. The number of hydrogen-bond donors (Lipinski definition) is 1. The van der Waals surface area contributed by atoms with Crippen molar-refractivity contribution in [2.45, 2.75) is 6.92 Å². The van der Waals surface area contributed by atoms with E-state index in [9.17, 15) is 4.79 Å². The summed E-state index contributed by atoms with van der Waals surface area (Å²) in [5, 5.41) is 8.38. The Bertz CT molecular complexity index is 591. The van der Waals surface area contributed by atoms with Gasteiger partial charge in [-0.2, -0.15) is 0 Å². The monoisotopic (exact) mass is 341 g/mol. The molecule has 0 aliphatic heterocycles. The zero-order valence-corrected chi connectivity index (χ0v) is 13.7. The summed E-state index contributed by atoms with van der Waals surface area (Å²) in [6.45, 7) is 2.14. The fourth-order valence-electron chi connectivity index (χ4n) is 1.89. The molecule has 0 aromatic heterocycles. The molecule has 2 nitrogen and oxygen atoms in total. The van der Waals surface area contributed by atoms with Gasteiger partial charge < -0.3 is 5.11 Å². The van der Waals surface area contributed by atoms with Gasteiger partial charge in [-0.05, 0) is 23.3 Å². The Hall–Kier alpha value is -1.47. The second-order valence-corrected chi connectivity index (χ2v) is 4.27. The molecule has 3 heteroatoms. The quantitative estimate of drug-likeness (QED) is 0.849. The molecule has 1 N–H and O–H groups in total. The minimum Gasteiger partial charge on any atom is -0.478 e. The first kappa shape index (κ1) is 16.6. The molecule has 0 bridgehead atoms. The number of carbonyl (C=O) groups is 1. The van der Waals surface area contributed by atoms with Crippen LogP contribution in [0.4, 0.5) is 0 Å². The van der Waals surface area contributed by atoms with Gasteiger partial charge >= 0.3 is 5.97 Å². The van der Waals surface area contributed by atoms with Gasteiger partial charge in [0.25, 0.3) is 0 Å². The van der Waals surface area contributed by atoms with E-state index >= 15 is 0 Å². The minimum atomic E-state index is -0.879. The van der Waals surface area contributed by atoms with E-state index in [-0.39, 0.29) is 26.2 Å². The van der Waals surface area contributed by atoms with Gasteiger partial charge in [0.2, 0.25) is 0 Å². The van der Waals surface area contributed by atoms with Crippen LogP contribution in [-0.2, 0) is 26.2 Å². The van der Waals surface area contributed by atoms with Gasteiger partial charge in [0.1, 0.15) is 0 Å². The van der Waals surface area contributed by atoms with Gasteiger partial charge in [-0.25, -0.2) is 4.79 Å². The zero-order chi connectivity index (χ0) is 13.7. The smallest absolute Gasteiger partial charge is 0.335 e. The number of hydrogen-bond acceptors (Lipinski definition) is 1. The number of carboxylic acids is 1. The molecule has 99 valence electrons. The van der Waals surface area contributed by atoms with E-state index in [4.69, 9.17) is 5.11 Å². The van der Waals surface area contributed by atoms with E-state index in [2.05, 4.69) is 43.3 Å². The molecule has 1 radical (unpaired) electrons. The van der Waals surface area contributed by atoms with Crippen LogP contribution < -0.4 is 0 Å². The maximum absolute atomic E-state index is 10.2. The topological polar surface area (TPSA) is 37.3 Å². The minimum absolute atomic E-state index is 0. The molecule has 2 aromatic carbocycles. The van der Waals surface area contributed by atoms with Crippen LogP contribution in [0.25, 0.3) is 6.08 Å². The summed E-state index contributed by atoms with van der Waals surface area (Å²) in [5.41, 5.74) is 3.06. The molecule has 20 heavy (non-hydrogen) atoms. The van der Waals surface area contributed by atoms with E-state index < -0.39 is 5.97 Å². The Labute approximate surface area is 138 Å². The molecule has 0 fully saturated rings. The molecule has 3 rings (SSSR count). The SMILES string of the molecule is C[C]1C=Cc2ccccc21.O=C(O)c1ccccc1.[Zr]. The maximum Gasteiger partial charge on any atom is 0.335 e. The van der Waals surface area contributed by atoms with Gasteiger partial charge in [0.05, 0.1) is 5.56 Å². The molecule has 0 unspecified atom stereocenters. The van der Waals surface area contributed by atoms with Gasteiger partial charge in [-0.3, -0.25) is 0 Å². The number of fused-ring (bicyclic) bond motifs is 1. The normalized spacial score (nSPS) is 11.8. The number of benzene rings is 2. The average Bonchev–Trinajstić information content (AvgIpc) is 2.83. The van der Waals surface area contributed by atoms with Crippen molar-refractivity contribution in [1.82, 2.24) is 0 Å². The van der Waals surface area contributed by atoms with Gasteiger partial charge in [-0.1, -0.05) is 61.5 Å². The summed E-state index contributed by atoms with van der Waals surface area (Å²) in [6.07, 6.45) is 4.31. The third-order valence-corrected chi connectivity index (χ3v) is 2.92. The van der Waals surface area contributed by atoms with Gasteiger partial charge in [0, 0.05) is 32.1 Å². The Morgan fingerprint density at radius 1 is 0.900 bits per heavy atom. The first-order valence-corrected chi connectivity index (χ1v) is 6.08. The van der Waals surface area contributed by atoms with Crippen LogP contribution in [0.3, 0.4) is 0 Å². The van der Waals surface area contributed by atoms with Crippen LogP contribution in [0.2, 0.25) is 0 Å². The standard InChI is InChI=1S/C10H9.C7H6O2.Zr/c1-8-6-7-9-4-2-3-5-10(8)9;8-7(9)6-4-2-1-3-5-6;/h2-7H,1H3;1-5H,(H,8,9);. The summed E-state index contributed by atoms with van der Waals surface area (Å²) in [4.78, 5) is 10.2. The van der Waals surface area contributed by atoms with E-state index in [1.807, 2.05) is 0 Å². The van der Waals surface area contributed by atoms with E-state index in [1.165, 1.54) is 17.0 Å². The Balaban J connectivity index is 0.000000192. The molecule has 2 aromatic rings. The molecule has 0 spiro atoms. The second kappa shape index (κ2) is 7.96. The molecule has 0 saturated carbocycles. The van der Waals surface area contributed by atoms with Crippen LogP contribution >= 0.6 is 0 Å². The van der Waals surface area contributed by atoms with E-state index in [1.54, 1.807) is 30.3 Å².